The maximum atomic E-state index is 10.5. The number of carboxylic acid groups (broad SMARTS) is 1. The van der Waals surface area contributed by atoms with Gasteiger partial charge in [-0.2, -0.15) is 0 Å². The molecule has 1 fully saturated rings. The van der Waals surface area contributed by atoms with E-state index in [1.54, 1.807) is 0 Å². The molecule has 4 nitrogen and oxygen atoms in total. The van der Waals surface area contributed by atoms with Gasteiger partial charge in [0.1, 0.15) is 0 Å². The Kier molecular flexibility index (Phi) is 3.49. The topological polar surface area (TPSA) is 54.6 Å². The van der Waals surface area contributed by atoms with Gasteiger partial charge in [0.25, 0.3) is 0 Å². The van der Waals surface area contributed by atoms with E-state index in [9.17, 15) is 4.79 Å². The summed E-state index contributed by atoms with van der Waals surface area (Å²) >= 11 is 0. The highest BCUT2D eigenvalue weighted by molar-refractivity contribution is 5.67. The van der Waals surface area contributed by atoms with Crippen LogP contribution in [-0.4, -0.2) is 48.7 Å². The van der Waals surface area contributed by atoms with Crippen LogP contribution in [0, 0.1) is 0 Å². The van der Waals surface area contributed by atoms with Crippen LogP contribution in [0.3, 0.4) is 0 Å². The summed E-state index contributed by atoms with van der Waals surface area (Å²) in [7, 11) is 1.97. The first kappa shape index (κ1) is 9.48. The SMILES string of the molecule is CN1CC[N]CCC1CC(=O)O. The van der Waals surface area contributed by atoms with E-state index in [0.717, 1.165) is 26.1 Å². The minimum Gasteiger partial charge on any atom is -0.481 e. The Morgan fingerprint density at radius 2 is 2.42 bits per heavy atom. The van der Waals surface area contributed by atoms with Gasteiger partial charge in [-0.1, -0.05) is 0 Å². The average Bonchev–Trinajstić information content (AvgIpc) is 2.16. The van der Waals surface area contributed by atoms with Crippen molar-refractivity contribution >= 4 is 5.97 Å². The monoisotopic (exact) mass is 171 g/mol. The van der Waals surface area contributed by atoms with Gasteiger partial charge in [0, 0.05) is 25.7 Å². The quantitative estimate of drug-likeness (QED) is 0.624. The number of nitrogens with zero attached hydrogens (tertiary/aromatic N) is 2. The second kappa shape index (κ2) is 4.42. The first-order chi connectivity index (χ1) is 5.70. The zero-order chi connectivity index (χ0) is 8.97. The number of likely N-dealkylation sites (N-methyl/N-ethyl adjacent to an activating group) is 1. The summed E-state index contributed by atoms with van der Waals surface area (Å²) in [6.45, 7) is 2.53. The third-order valence-electron chi connectivity index (χ3n) is 2.26. The van der Waals surface area contributed by atoms with Gasteiger partial charge in [-0.25, -0.2) is 5.32 Å². The molecule has 0 saturated carbocycles. The van der Waals surface area contributed by atoms with Crippen molar-refractivity contribution in [3.8, 4) is 0 Å². The predicted octanol–water partition coefficient (Wildman–Crippen LogP) is -0.230. The first-order valence-corrected chi connectivity index (χ1v) is 4.25. The van der Waals surface area contributed by atoms with E-state index >= 15 is 0 Å². The smallest absolute Gasteiger partial charge is 0.304 e. The Balaban J connectivity index is 2.41. The van der Waals surface area contributed by atoms with E-state index in [1.807, 2.05) is 7.05 Å². The van der Waals surface area contributed by atoms with Crippen LogP contribution < -0.4 is 5.32 Å². The molecule has 1 unspecified atom stereocenters. The Morgan fingerprint density at radius 1 is 1.67 bits per heavy atom. The Hall–Kier alpha value is -0.610. The maximum absolute atomic E-state index is 10.5. The highest BCUT2D eigenvalue weighted by atomic mass is 16.4. The maximum Gasteiger partial charge on any atom is 0.304 e. The summed E-state index contributed by atoms with van der Waals surface area (Å²) < 4.78 is 0. The molecule has 1 atom stereocenters. The fourth-order valence-electron chi connectivity index (χ4n) is 1.44. The summed E-state index contributed by atoms with van der Waals surface area (Å²) in [5.41, 5.74) is 0. The average molecular weight is 171 g/mol. The van der Waals surface area contributed by atoms with Gasteiger partial charge < -0.3 is 10.0 Å². The second-order valence-electron chi connectivity index (χ2n) is 3.19. The molecule has 0 aliphatic carbocycles. The van der Waals surface area contributed by atoms with Crippen molar-refractivity contribution in [2.75, 3.05) is 26.7 Å². The Morgan fingerprint density at radius 3 is 3.08 bits per heavy atom. The van der Waals surface area contributed by atoms with Gasteiger partial charge in [0.05, 0.1) is 6.42 Å². The van der Waals surface area contributed by atoms with Crippen molar-refractivity contribution in [2.45, 2.75) is 18.9 Å². The minimum atomic E-state index is -0.714. The van der Waals surface area contributed by atoms with Crippen molar-refractivity contribution in [2.24, 2.45) is 0 Å². The van der Waals surface area contributed by atoms with E-state index in [-0.39, 0.29) is 12.5 Å². The molecule has 4 heteroatoms. The molecule has 1 saturated heterocycles. The number of rotatable bonds is 2. The number of aliphatic carboxylic acids is 1. The number of hydrogen-bond donors (Lipinski definition) is 1. The van der Waals surface area contributed by atoms with Gasteiger partial charge >= 0.3 is 5.97 Å². The summed E-state index contributed by atoms with van der Waals surface area (Å²) in [5, 5.41) is 12.9. The van der Waals surface area contributed by atoms with E-state index < -0.39 is 5.97 Å². The molecule has 69 valence electrons. The minimum absolute atomic E-state index is 0.175. The Labute approximate surface area is 72.6 Å². The van der Waals surface area contributed by atoms with Crippen LogP contribution in [0.15, 0.2) is 0 Å². The van der Waals surface area contributed by atoms with Crippen LogP contribution in [0.25, 0.3) is 0 Å². The number of hydrogen-bond acceptors (Lipinski definition) is 2. The molecule has 0 aromatic heterocycles. The first-order valence-electron chi connectivity index (χ1n) is 4.25. The molecule has 12 heavy (non-hydrogen) atoms. The van der Waals surface area contributed by atoms with Crippen molar-refractivity contribution in [3.63, 3.8) is 0 Å². The second-order valence-corrected chi connectivity index (χ2v) is 3.19. The van der Waals surface area contributed by atoms with Crippen LogP contribution >= 0.6 is 0 Å². The van der Waals surface area contributed by atoms with Gasteiger partial charge in [-0.3, -0.25) is 4.79 Å². The highest BCUT2D eigenvalue weighted by Gasteiger charge is 2.19. The Bertz CT molecular complexity index is 161. The van der Waals surface area contributed by atoms with Crippen LogP contribution in [0.2, 0.25) is 0 Å². The molecule has 0 aromatic carbocycles. The third kappa shape index (κ3) is 2.79. The molecule has 1 aliphatic rings. The van der Waals surface area contributed by atoms with E-state index in [1.165, 1.54) is 0 Å². The summed E-state index contributed by atoms with van der Waals surface area (Å²) in [4.78, 5) is 12.6. The van der Waals surface area contributed by atoms with Crippen molar-refractivity contribution in [1.82, 2.24) is 10.2 Å². The molecule has 0 spiro atoms. The van der Waals surface area contributed by atoms with Gasteiger partial charge in [0.2, 0.25) is 0 Å². The highest BCUT2D eigenvalue weighted by Crippen LogP contribution is 2.08. The largest absolute Gasteiger partial charge is 0.481 e. The summed E-state index contributed by atoms with van der Waals surface area (Å²) in [5.74, 6) is -0.714. The molecule has 1 N–H and O–H groups in total. The fourth-order valence-corrected chi connectivity index (χ4v) is 1.44. The zero-order valence-electron chi connectivity index (χ0n) is 7.36. The lowest BCUT2D eigenvalue weighted by Gasteiger charge is -2.23. The van der Waals surface area contributed by atoms with Crippen LogP contribution in [0.4, 0.5) is 0 Å². The lowest BCUT2D eigenvalue weighted by Crippen LogP contribution is -2.34. The molecule has 1 aliphatic heterocycles. The van der Waals surface area contributed by atoms with Crippen LogP contribution in [0.1, 0.15) is 12.8 Å². The van der Waals surface area contributed by atoms with Gasteiger partial charge in [0.15, 0.2) is 0 Å². The predicted molar refractivity (Wildman–Crippen MR) is 45.2 cm³/mol. The lowest BCUT2D eigenvalue weighted by atomic mass is 10.1. The molecule has 0 bridgehead atoms. The van der Waals surface area contributed by atoms with Crippen molar-refractivity contribution < 1.29 is 9.90 Å². The number of carbonyl (C=O) groups is 1. The van der Waals surface area contributed by atoms with Gasteiger partial charge in [-0.05, 0) is 13.5 Å². The molecular formula is C8H15N2O2. The molecule has 1 radical (unpaired) electrons. The summed E-state index contributed by atoms with van der Waals surface area (Å²) in [6.07, 6.45) is 1.12. The summed E-state index contributed by atoms with van der Waals surface area (Å²) in [6, 6.07) is 0.175. The molecular weight excluding hydrogens is 156 g/mol. The molecule has 1 rings (SSSR count). The molecule has 0 amide bonds. The van der Waals surface area contributed by atoms with Crippen molar-refractivity contribution in [3.05, 3.63) is 0 Å². The van der Waals surface area contributed by atoms with Crippen molar-refractivity contribution in [1.29, 1.82) is 0 Å². The van der Waals surface area contributed by atoms with Crippen LogP contribution in [0.5, 0.6) is 0 Å². The van der Waals surface area contributed by atoms with E-state index in [4.69, 9.17) is 5.11 Å². The lowest BCUT2D eigenvalue weighted by molar-refractivity contribution is -0.138. The normalized spacial score (nSPS) is 26.6. The van der Waals surface area contributed by atoms with E-state index in [0.29, 0.717) is 0 Å². The van der Waals surface area contributed by atoms with Gasteiger partial charge in [-0.15, -0.1) is 0 Å². The fraction of sp³-hybridized carbons (Fsp3) is 0.875. The van der Waals surface area contributed by atoms with E-state index in [2.05, 4.69) is 10.2 Å². The third-order valence-corrected chi connectivity index (χ3v) is 2.26. The molecule has 1 heterocycles. The molecule has 0 aromatic rings. The van der Waals surface area contributed by atoms with Crippen LogP contribution in [-0.2, 0) is 4.79 Å². The standard InChI is InChI=1S/C8H15N2O2/c1-10-5-4-9-3-2-7(10)6-8(11)12/h7H,2-6H2,1H3,(H,11,12). The number of carboxylic acids is 1. The zero-order valence-corrected chi connectivity index (χ0v) is 7.36.